The Morgan fingerprint density at radius 1 is 1.00 bits per heavy atom. The highest BCUT2D eigenvalue weighted by atomic mass is 35.5. The molecule has 2 aromatic rings. The average molecular weight is 287 g/mol. The molecule has 0 heterocycles. The first-order valence-corrected chi connectivity index (χ1v) is 7.16. The first kappa shape index (κ1) is 14.8. The van der Waals surface area contributed by atoms with Crippen LogP contribution in [0.25, 0.3) is 0 Å². The summed E-state index contributed by atoms with van der Waals surface area (Å²) in [4.78, 5) is 12.2. The normalized spacial score (nSPS) is 10.6. The van der Waals surface area contributed by atoms with Gasteiger partial charge in [-0.2, -0.15) is 0 Å². The maximum Gasteiger partial charge on any atom is 0.141 e. The Hall–Kier alpha value is -1.60. The van der Waals surface area contributed by atoms with Gasteiger partial charge in [0, 0.05) is 17.9 Å². The minimum atomic E-state index is 0.224. The molecule has 1 nitrogen and oxygen atoms in total. The monoisotopic (exact) mass is 286 g/mol. The number of halogens is 1. The summed E-state index contributed by atoms with van der Waals surface area (Å²) >= 11 is 5.95. The fourth-order valence-electron chi connectivity index (χ4n) is 2.62. The van der Waals surface area contributed by atoms with Crippen LogP contribution in [0.1, 0.15) is 27.8 Å². The van der Waals surface area contributed by atoms with Gasteiger partial charge in [-0.1, -0.05) is 41.4 Å². The van der Waals surface area contributed by atoms with Crippen LogP contribution in [-0.2, 0) is 17.6 Å². The van der Waals surface area contributed by atoms with E-state index in [1.807, 2.05) is 24.3 Å². The lowest BCUT2D eigenvalue weighted by Gasteiger charge is -2.11. The molecule has 0 aliphatic rings. The summed E-state index contributed by atoms with van der Waals surface area (Å²) in [5.74, 6) is 0.224. The van der Waals surface area contributed by atoms with Crippen LogP contribution < -0.4 is 0 Å². The molecular weight excluding hydrogens is 268 g/mol. The van der Waals surface area contributed by atoms with Crippen molar-refractivity contribution in [3.05, 3.63) is 69.2 Å². The van der Waals surface area contributed by atoms with Crippen LogP contribution in [0.15, 0.2) is 36.4 Å². The predicted octanol–water partition coefficient (Wildman–Crippen LogP) is 4.62. The van der Waals surface area contributed by atoms with Crippen molar-refractivity contribution in [3.8, 4) is 0 Å². The molecule has 0 aromatic heterocycles. The Bertz CT molecular complexity index is 621. The van der Waals surface area contributed by atoms with Crippen LogP contribution in [0.2, 0.25) is 5.02 Å². The first-order valence-electron chi connectivity index (χ1n) is 6.78. The summed E-state index contributed by atoms with van der Waals surface area (Å²) in [6.45, 7) is 6.22. The van der Waals surface area contributed by atoms with Gasteiger partial charge in [0.15, 0.2) is 0 Å². The Labute approximate surface area is 125 Å². The van der Waals surface area contributed by atoms with Gasteiger partial charge in [-0.15, -0.1) is 0 Å². The van der Waals surface area contributed by atoms with Gasteiger partial charge in [-0.05, 0) is 55.2 Å². The van der Waals surface area contributed by atoms with Gasteiger partial charge in [-0.25, -0.2) is 0 Å². The van der Waals surface area contributed by atoms with Crippen molar-refractivity contribution in [2.24, 2.45) is 0 Å². The van der Waals surface area contributed by atoms with Crippen molar-refractivity contribution < 1.29 is 4.79 Å². The van der Waals surface area contributed by atoms with Crippen molar-refractivity contribution in [3.63, 3.8) is 0 Å². The van der Waals surface area contributed by atoms with Crippen LogP contribution in [0.4, 0.5) is 0 Å². The highest BCUT2D eigenvalue weighted by Gasteiger charge is 2.10. The van der Waals surface area contributed by atoms with Gasteiger partial charge in [0.05, 0.1) is 0 Å². The molecule has 0 spiro atoms. The van der Waals surface area contributed by atoms with E-state index in [1.54, 1.807) is 0 Å². The molecule has 0 atom stereocenters. The number of Topliss-reactive ketones (excluding diaryl/α,β-unsaturated/α-hetero) is 1. The fraction of sp³-hybridized carbons (Fsp3) is 0.278. The van der Waals surface area contributed by atoms with E-state index in [4.69, 9.17) is 11.6 Å². The molecule has 0 bridgehead atoms. The third-order valence-electron chi connectivity index (χ3n) is 3.50. The Morgan fingerprint density at radius 2 is 1.65 bits per heavy atom. The number of ketones is 1. The van der Waals surface area contributed by atoms with Gasteiger partial charge in [0.25, 0.3) is 0 Å². The van der Waals surface area contributed by atoms with Gasteiger partial charge in [0.2, 0.25) is 0 Å². The van der Waals surface area contributed by atoms with Crippen LogP contribution >= 0.6 is 11.6 Å². The van der Waals surface area contributed by atoms with E-state index < -0.39 is 0 Å². The molecular formula is C18H19ClO. The van der Waals surface area contributed by atoms with Crippen molar-refractivity contribution in [2.75, 3.05) is 0 Å². The third-order valence-corrected chi connectivity index (χ3v) is 3.74. The summed E-state index contributed by atoms with van der Waals surface area (Å²) in [6.07, 6.45) is 0.928. The van der Waals surface area contributed by atoms with Crippen molar-refractivity contribution >= 4 is 17.4 Å². The number of hydrogen-bond acceptors (Lipinski definition) is 1. The standard InChI is InChI=1S/C18H19ClO/c1-12-7-13(2)18(14(3)8-12)11-17(20)10-15-5-4-6-16(19)9-15/h4-9H,10-11H2,1-3H3. The van der Waals surface area contributed by atoms with Crippen molar-refractivity contribution in [2.45, 2.75) is 33.6 Å². The molecule has 20 heavy (non-hydrogen) atoms. The number of hydrogen-bond donors (Lipinski definition) is 0. The molecule has 0 amide bonds. The number of carbonyl (C=O) groups is 1. The van der Waals surface area contributed by atoms with Crippen molar-refractivity contribution in [1.29, 1.82) is 0 Å². The number of rotatable bonds is 4. The maximum absolute atomic E-state index is 12.2. The predicted molar refractivity (Wildman–Crippen MR) is 84.5 cm³/mol. The molecule has 0 aliphatic heterocycles. The lowest BCUT2D eigenvalue weighted by atomic mass is 9.94. The molecule has 2 rings (SSSR count). The second kappa shape index (κ2) is 6.23. The molecule has 104 valence electrons. The summed E-state index contributed by atoms with van der Waals surface area (Å²) < 4.78 is 0. The van der Waals surface area contributed by atoms with E-state index in [-0.39, 0.29) is 5.78 Å². The second-order valence-electron chi connectivity index (χ2n) is 5.40. The zero-order valence-electron chi connectivity index (χ0n) is 12.2. The van der Waals surface area contributed by atoms with Crippen LogP contribution in [0, 0.1) is 20.8 Å². The molecule has 2 aromatic carbocycles. The Balaban J connectivity index is 2.13. The van der Waals surface area contributed by atoms with Crippen molar-refractivity contribution in [1.82, 2.24) is 0 Å². The summed E-state index contributed by atoms with van der Waals surface area (Å²) in [5.41, 5.74) is 5.77. The lowest BCUT2D eigenvalue weighted by Crippen LogP contribution is -2.09. The van der Waals surface area contributed by atoms with E-state index in [2.05, 4.69) is 32.9 Å². The second-order valence-corrected chi connectivity index (χ2v) is 5.84. The third kappa shape index (κ3) is 3.71. The largest absolute Gasteiger partial charge is 0.299 e. The summed E-state index contributed by atoms with van der Waals surface area (Å²) in [7, 11) is 0. The van der Waals surface area contributed by atoms with E-state index in [0.29, 0.717) is 17.9 Å². The van der Waals surface area contributed by atoms with Gasteiger partial charge in [0.1, 0.15) is 5.78 Å². The van der Waals surface area contributed by atoms with Gasteiger partial charge in [-0.3, -0.25) is 4.79 Å². The maximum atomic E-state index is 12.2. The molecule has 0 N–H and O–H groups in total. The fourth-order valence-corrected chi connectivity index (χ4v) is 2.84. The van der Waals surface area contributed by atoms with Gasteiger partial charge < -0.3 is 0 Å². The molecule has 0 fully saturated rings. The van der Waals surface area contributed by atoms with Crippen LogP contribution in [0.3, 0.4) is 0 Å². The number of carbonyl (C=O) groups excluding carboxylic acids is 1. The van der Waals surface area contributed by atoms with E-state index in [0.717, 1.165) is 11.1 Å². The highest BCUT2D eigenvalue weighted by molar-refractivity contribution is 6.30. The first-order chi connectivity index (χ1) is 9.45. The minimum Gasteiger partial charge on any atom is -0.299 e. The smallest absolute Gasteiger partial charge is 0.141 e. The topological polar surface area (TPSA) is 17.1 Å². The van der Waals surface area contributed by atoms with Crippen LogP contribution in [-0.4, -0.2) is 5.78 Å². The zero-order valence-corrected chi connectivity index (χ0v) is 12.9. The molecule has 0 saturated heterocycles. The van der Waals surface area contributed by atoms with Gasteiger partial charge >= 0.3 is 0 Å². The average Bonchev–Trinajstić information content (AvgIpc) is 2.33. The number of benzene rings is 2. The minimum absolute atomic E-state index is 0.224. The van der Waals surface area contributed by atoms with E-state index in [1.165, 1.54) is 16.7 Å². The van der Waals surface area contributed by atoms with E-state index in [9.17, 15) is 4.79 Å². The summed E-state index contributed by atoms with van der Waals surface area (Å²) in [5, 5.41) is 0.679. The SMILES string of the molecule is Cc1cc(C)c(CC(=O)Cc2cccc(Cl)c2)c(C)c1. The Morgan fingerprint density at radius 3 is 2.25 bits per heavy atom. The molecule has 0 aliphatic carbocycles. The number of aryl methyl sites for hydroxylation is 3. The lowest BCUT2D eigenvalue weighted by molar-refractivity contribution is -0.117. The zero-order chi connectivity index (χ0) is 14.7. The van der Waals surface area contributed by atoms with Crippen LogP contribution in [0.5, 0.6) is 0 Å². The highest BCUT2D eigenvalue weighted by Crippen LogP contribution is 2.18. The quantitative estimate of drug-likeness (QED) is 0.801. The molecule has 0 radical (unpaired) electrons. The summed E-state index contributed by atoms with van der Waals surface area (Å²) in [6, 6.07) is 11.8. The molecule has 0 saturated carbocycles. The van der Waals surface area contributed by atoms with E-state index >= 15 is 0 Å². The Kier molecular flexibility index (Phi) is 4.61. The molecule has 0 unspecified atom stereocenters. The molecule has 2 heteroatoms.